The quantitative estimate of drug-likeness (QED) is 0.524. The minimum atomic E-state index is 0.310. The van der Waals surface area contributed by atoms with Crippen LogP contribution in [-0.2, 0) is 12.8 Å². The molecule has 30 heavy (non-hydrogen) atoms. The molecule has 7 nitrogen and oxygen atoms in total. The van der Waals surface area contributed by atoms with E-state index >= 15 is 0 Å². The van der Waals surface area contributed by atoms with Gasteiger partial charge in [0.15, 0.2) is 5.65 Å². The van der Waals surface area contributed by atoms with Crippen molar-refractivity contribution in [2.75, 3.05) is 18.0 Å². The van der Waals surface area contributed by atoms with Gasteiger partial charge in [0, 0.05) is 49.2 Å². The molecule has 0 atom stereocenters. The van der Waals surface area contributed by atoms with Crippen molar-refractivity contribution in [3.63, 3.8) is 0 Å². The van der Waals surface area contributed by atoms with Crippen LogP contribution >= 0.6 is 0 Å². The summed E-state index contributed by atoms with van der Waals surface area (Å²) in [5.41, 5.74) is 5.50. The van der Waals surface area contributed by atoms with Crippen LogP contribution in [0.5, 0.6) is 5.75 Å². The Morgan fingerprint density at radius 3 is 2.70 bits per heavy atom. The lowest BCUT2D eigenvalue weighted by Gasteiger charge is -2.48. The van der Waals surface area contributed by atoms with Gasteiger partial charge in [0.1, 0.15) is 17.1 Å². The third-order valence-electron chi connectivity index (χ3n) is 6.28. The van der Waals surface area contributed by atoms with E-state index in [1.165, 1.54) is 0 Å². The first-order valence-electron chi connectivity index (χ1n) is 10.5. The fourth-order valence-corrected chi connectivity index (χ4v) is 4.32. The largest absolute Gasteiger partial charge is 0.505 e. The third-order valence-corrected chi connectivity index (χ3v) is 6.28. The molecule has 2 N–H and O–H groups in total. The SMILES string of the molecule is CCc1[nH]c2cc(Cc3cnc4nccnc4c3)nc(N3CC(C)(CC)C3)c2c1O. The standard InChI is InChI=1S/C23H26N6O/c1-4-16-20(30)19-17(28-16)10-15(27-22(19)29-12-23(3,5-2)13-29)8-14-9-18-21(26-11-14)25-7-6-24-18/h6-7,9-11,28,30H,4-5,8,12-13H2,1-3H3. The van der Waals surface area contributed by atoms with Crippen LogP contribution in [-0.4, -0.2) is 43.1 Å². The van der Waals surface area contributed by atoms with E-state index in [0.717, 1.165) is 65.1 Å². The molecule has 0 spiro atoms. The molecular weight excluding hydrogens is 376 g/mol. The monoisotopic (exact) mass is 402 g/mol. The fourth-order valence-electron chi connectivity index (χ4n) is 4.32. The minimum absolute atomic E-state index is 0.310. The van der Waals surface area contributed by atoms with Crippen molar-refractivity contribution in [1.29, 1.82) is 0 Å². The summed E-state index contributed by atoms with van der Waals surface area (Å²) < 4.78 is 0. The zero-order valence-electron chi connectivity index (χ0n) is 17.6. The molecular formula is C23H26N6O. The van der Waals surface area contributed by atoms with Crippen molar-refractivity contribution in [1.82, 2.24) is 24.9 Å². The van der Waals surface area contributed by atoms with Crippen molar-refractivity contribution in [3.8, 4) is 5.75 Å². The summed E-state index contributed by atoms with van der Waals surface area (Å²) in [5, 5.41) is 11.6. The van der Waals surface area contributed by atoms with Crippen LogP contribution in [0, 0.1) is 5.41 Å². The third kappa shape index (κ3) is 3.05. The molecule has 5 heterocycles. The maximum Gasteiger partial charge on any atom is 0.178 e. The second-order valence-corrected chi connectivity index (χ2v) is 8.61. The van der Waals surface area contributed by atoms with Gasteiger partial charge in [-0.25, -0.2) is 15.0 Å². The van der Waals surface area contributed by atoms with E-state index in [1.54, 1.807) is 12.4 Å². The molecule has 5 rings (SSSR count). The summed E-state index contributed by atoms with van der Waals surface area (Å²) in [6, 6.07) is 4.06. The predicted octanol–water partition coefficient (Wildman–Crippen LogP) is 4.00. The fraction of sp³-hybridized carbons (Fsp3) is 0.391. The number of hydrogen-bond acceptors (Lipinski definition) is 6. The number of rotatable bonds is 5. The van der Waals surface area contributed by atoms with E-state index in [9.17, 15) is 5.11 Å². The number of aryl methyl sites for hydroxylation is 1. The average Bonchev–Trinajstić information content (AvgIpc) is 3.06. The minimum Gasteiger partial charge on any atom is -0.505 e. The Labute approximate surface area is 175 Å². The molecule has 0 amide bonds. The molecule has 1 saturated heterocycles. The lowest BCUT2D eigenvalue weighted by Crippen LogP contribution is -2.54. The van der Waals surface area contributed by atoms with Crippen molar-refractivity contribution in [3.05, 3.63) is 47.7 Å². The van der Waals surface area contributed by atoms with Gasteiger partial charge in [0.2, 0.25) is 0 Å². The van der Waals surface area contributed by atoms with Crippen LogP contribution in [0.3, 0.4) is 0 Å². The maximum absolute atomic E-state index is 10.8. The highest BCUT2D eigenvalue weighted by atomic mass is 16.3. The van der Waals surface area contributed by atoms with Crippen molar-refractivity contribution in [2.45, 2.75) is 40.0 Å². The van der Waals surface area contributed by atoms with Crippen LogP contribution in [0.15, 0.2) is 30.7 Å². The molecule has 0 radical (unpaired) electrons. The first-order chi connectivity index (χ1) is 14.5. The first-order valence-corrected chi connectivity index (χ1v) is 10.5. The predicted molar refractivity (Wildman–Crippen MR) is 118 cm³/mol. The van der Waals surface area contributed by atoms with Gasteiger partial charge >= 0.3 is 0 Å². The van der Waals surface area contributed by atoms with E-state index < -0.39 is 0 Å². The van der Waals surface area contributed by atoms with E-state index in [0.29, 0.717) is 23.2 Å². The van der Waals surface area contributed by atoms with Gasteiger partial charge in [0.25, 0.3) is 0 Å². The van der Waals surface area contributed by atoms with Gasteiger partial charge in [0.05, 0.1) is 16.6 Å². The van der Waals surface area contributed by atoms with Gasteiger partial charge < -0.3 is 15.0 Å². The number of aromatic hydroxyl groups is 1. The smallest absolute Gasteiger partial charge is 0.178 e. The number of nitrogens with one attached hydrogen (secondary N) is 1. The van der Waals surface area contributed by atoms with Gasteiger partial charge in [-0.15, -0.1) is 0 Å². The molecule has 4 aromatic rings. The molecule has 7 heteroatoms. The summed E-state index contributed by atoms with van der Waals surface area (Å²) in [5.74, 6) is 1.20. The number of fused-ring (bicyclic) bond motifs is 2. The summed E-state index contributed by atoms with van der Waals surface area (Å²) in [6.07, 6.45) is 7.69. The van der Waals surface area contributed by atoms with E-state index in [4.69, 9.17) is 4.98 Å². The number of pyridine rings is 2. The Morgan fingerprint density at radius 2 is 1.93 bits per heavy atom. The molecule has 154 valence electrons. The number of nitrogens with zero attached hydrogens (tertiary/aromatic N) is 5. The van der Waals surface area contributed by atoms with Crippen molar-refractivity contribution < 1.29 is 5.11 Å². The summed E-state index contributed by atoms with van der Waals surface area (Å²) in [4.78, 5) is 23.7. The summed E-state index contributed by atoms with van der Waals surface area (Å²) in [7, 11) is 0. The van der Waals surface area contributed by atoms with Crippen LogP contribution in [0.25, 0.3) is 22.1 Å². The van der Waals surface area contributed by atoms with E-state index in [-0.39, 0.29) is 0 Å². The van der Waals surface area contributed by atoms with Gasteiger partial charge in [-0.2, -0.15) is 0 Å². The maximum atomic E-state index is 10.8. The molecule has 1 fully saturated rings. The molecule has 1 aliphatic heterocycles. The van der Waals surface area contributed by atoms with Gasteiger partial charge in [-0.3, -0.25) is 4.98 Å². The highest BCUT2D eigenvalue weighted by Gasteiger charge is 2.39. The van der Waals surface area contributed by atoms with E-state index in [1.807, 2.05) is 25.3 Å². The molecule has 4 aromatic heterocycles. The first kappa shape index (κ1) is 18.8. The Hall–Kier alpha value is -3.22. The Bertz CT molecular complexity index is 1240. The molecule has 0 aliphatic carbocycles. The highest BCUT2D eigenvalue weighted by molar-refractivity contribution is 5.97. The second-order valence-electron chi connectivity index (χ2n) is 8.61. The molecule has 0 bridgehead atoms. The normalized spacial score (nSPS) is 15.6. The number of aromatic amines is 1. The molecule has 0 aromatic carbocycles. The highest BCUT2D eigenvalue weighted by Crippen LogP contribution is 2.42. The van der Waals surface area contributed by atoms with Gasteiger partial charge in [-0.1, -0.05) is 20.8 Å². The number of aromatic nitrogens is 5. The van der Waals surface area contributed by atoms with Crippen LogP contribution in [0.2, 0.25) is 0 Å². The zero-order chi connectivity index (χ0) is 20.9. The number of H-pyrrole nitrogens is 1. The van der Waals surface area contributed by atoms with Crippen LogP contribution < -0.4 is 4.90 Å². The Kier molecular flexibility index (Phi) is 4.34. The lowest BCUT2D eigenvalue weighted by atomic mass is 9.79. The van der Waals surface area contributed by atoms with Gasteiger partial charge in [-0.05, 0) is 30.5 Å². The topological polar surface area (TPSA) is 90.8 Å². The van der Waals surface area contributed by atoms with Crippen LogP contribution in [0.4, 0.5) is 5.82 Å². The lowest BCUT2D eigenvalue weighted by molar-refractivity contribution is 0.233. The Morgan fingerprint density at radius 1 is 1.13 bits per heavy atom. The number of anilines is 1. The zero-order valence-corrected chi connectivity index (χ0v) is 17.6. The molecule has 1 aliphatic rings. The van der Waals surface area contributed by atoms with Crippen LogP contribution in [0.1, 0.15) is 44.1 Å². The van der Waals surface area contributed by atoms with E-state index in [2.05, 4.69) is 38.7 Å². The van der Waals surface area contributed by atoms with Crippen molar-refractivity contribution in [2.24, 2.45) is 5.41 Å². The molecule has 0 saturated carbocycles. The number of hydrogen-bond donors (Lipinski definition) is 2. The molecule has 0 unspecified atom stereocenters. The summed E-state index contributed by atoms with van der Waals surface area (Å²) in [6.45, 7) is 8.48. The Balaban J connectivity index is 1.56. The summed E-state index contributed by atoms with van der Waals surface area (Å²) >= 11 is 0. The van der Waals surface area contributed by atoms with Crippen molar-refractivity contribution >= 4 is 27.9 Å². The average molecular weight is 403 g/mol. The second kappa shape index (κ2) is 6.93.